The molecule has 4 atom stereocenters. The number of fused-ring (bicyclic) bond motifs is 1. The van der Waals surface area contributed by atoms with E-state index in [0.29, 0.717) is 11.6 Å². The summed E-state index contributed by atoms with van der Waals surface area (Å²) in [4.78, 5) is 65.7. The summed E-state index contributed by atoms with van der Waals surface area (Å²) in [6.45, 7) is 10.9. The van der Waals surface area contributed by atoms with Crippen molar-refractivity contribution in [3.8, 4) is 33.6 Å². The lowest BCUT2D eigenvalue weighted by Gasteiger charge is -2.28. The van der Waals surface area contributed by atoms with Gasteiger partial charge in [-0.1, -0.05) is 76.2 Å². The molecule has 54 heavy (non-hydrogen) atoms. The Morgan fingerprint density at radius 2 is 1.15 bits per heavy atom. The van der Waals surface area contributed by atoms with E-state index >= 15 is 0 Å². The molecule has 4 amide bonds. The highest BCUT2D eigenvalue weighted by atomic mass is 16.5. The molecule has 284 valence electrons. The number of benzene rings is 3. The molecule has 0 saturated heterocycles. The largest absolute Gasteiger partial charge is 0.465 e. The van der Waals surface area contributed by atoms with E-state index in [1.54, 1.807) is 19.3 Å². The van der Waals surface area contributed by atoms with E-state index in [-0.39, 0.29) is 23.7 Å². The first-order chi connectivity index (χ1) is 25.7. The zero-order valence-corrected chi connectivity index (χ0v) is 31.7. The zero-order chi connectivity index (χ0) is 39.3. The molecule has 0 unspecified atom stereocenters. The van der Waals surface area contributed by atoms with Crippen molar-refractivity contribution in [1.82, 2.24) is 40.8 Å². The number of methoxy groups -OCH3 is 1. The lowest BCUT2D eigenvalue weighted by atomic mass is 9.98. The number of likely N-dealkylation sites (N-methyl/N-ethyl adjacent to an activating group) is 1. The van der Waals surface area contributed by atoms with Gasteiger partial charge in [0.25, 0.3) is 0 Å². The van der Waals surface area contributed by atoms with Crippen molar-refractivity contribution >= 4 is 34.8 Å². The monoisotopic (exact) mass is 736 g/mol. The number of hydrogen-bond acceptors (Lipinski definition) is 7. The summed E-state index contributed by atoms with van der Waals surface area (Å²) in [5, 5.41) is 19.9. The Balaban J connectivity index is 1.24. The summed E-state index contributed by atoms with van der Waals surface area (Å²) in [5.74, 6) is 0.0929. The predicted molar refractivity (Wildman–Crippen MR) is 206 cm³/mol. The normalized spacial score (nSPS) is 13.6. The number of carboxylic acid groups (broad SMARTS) is 1. The molecule has 0 aliphatic heterocycles. The number of H-pyrrole nitrogens is 2. The molecule has 2 heterocycles. The molecule has 0 aliphatic carbocycles. The molecule has 0 fully saturated rings. The number of imidazole rings is 2. The Kier molecular flexibility index (Phi) is 12.0. The van der Waals surface area contributed by atoms with E-state index in [1.165, 1.54) is 14.2 Å². The number of rotatable bonds is 13. The van der Waals surface area contributed by atoms with Crippen LogP contribution in [0.3, 0.4) is 0 Å². The maximum Gasteiger partial charge on any atom is 0.407 e. The van der Waals surface area contributed by atoms with Crippen molar-refractivity contribution in [2.75, 3.05) is 14.2 Å². The van der Waals surface area contributed by atoms with Crippen LogP contribution >= 0.6 is 0 Å². The Hall–Kier alpha value is -6.18. The molecule has 14 nitrogen and oxygen atoms in total. The fraction of sp³-hybridized carbons (Fsp3) is 0.350. The fourth-order valence-corrected chi connectivity index (χ4v) is 6.35. The molecule has 2 aromatic heterocycles. The fourth-order valence-electron chi connectivity index (χ4n) is 6.35. The Morgan fingerprint density at radius 3 is 1.67 bits per heavy atom. The van der Waals surface area contributed by atoms with E-state index in [2.05, 4.69) is 71.0 Å². The molecule has 0 radical (unpaired) electrons. The number of alkyl carbamates (subject to hydrolysis) is 1. The molecule has 5 aromatic rings. The second-order valence-corrected chi connectivity index (χ2v) is 14.1. The first kappa shape index (κ1) is 39.0. The Bertz CT molecular complexity index is 2120. The van der Waals surface area contributed by atoms with Crippen LogP contribution in [0, 0.1) is 11.8 Å². The lowest BCUT2D eigenvalue weighted by Crippen LogP contribution is -2.50. The molecule has 14 heteroatoms. The van der Waals surface area contributed by atoms with Crippen molar-refractivity contribution < 1.29 is 29.0 Å². The van der Waals surface area contributed by atoms with Gasteiger partial charge in [-0.2, -0.15) is 0 Å². The first-order valence-corrected chi connectivity index (χ1v) is 17.8. The number of hydrogen-bond donors (Lipinski definition) is 6. The number of aromatic amines is 2. The van der Waals surface area contributed by atoms with Gasteiger partial charge >= 0.3 is 12.2 Å². The van der Waals surface area contributed by atoms with E-state index in [0.717, 1.165) is 49.3 Å². The quantitative estimate of drug-likeness (QED) is 0.0773. The van der Waals surface area contributed by atoms with Crippen LogP contribution in [0.25, 0.3) is 44.4 Å². The summed E-state index contributed by atoms with van der Waals surface area (Å²) >= 11 is 0. The number of carbonyl (C=O) groups is 4. The number of carbonyl (C=O) groups excluding carboxylic acids is 3. The van der Waals surface area contributed by atoms with Gasteiger partial charge in [0.2, 0.25) is 11.8 Å². The Morgan fingerprint density at radius 1 is 0.667 bits per heavy atom. The van der Waals surface area contributed by atoms with Crippen molar-refractivity contribution in [2.45, 2.75) is 65.7 Å². The van der Waals surface area contributed by atoms with Crippen LogP contribution in [0.1, 0.15) is 65.3 Å². The summed E-state index contributed by atoms with van der Waals surface area (Å²) in [6.07, 6.45) is 1.63. The molecule has 3 aromatic carbocycles. The molecule has 0 spiro atoms. The van der Waals surface area contributed by atoms with Gasteiger partial charge in [-0.05, 0) is 65.3 Å². The zero-order valence-electron chi connectivity index (χ0n) is 31.7. The van der Waals surface area contributed by atoms with Crippen LogP contribution in [-0.2, 0) is 14.3 Å². The lowest BCUT2D eigenvalue weighted by molar-refractivity contribution is -0.127. The average Bonchev–Trinajstić information content (AvgIpc) is 3.85. The van der Waals surface area contributed by atoms with Crippen LogP contribution in [0.4, 0.5) is 9.59 Å². The molecular weight excluding hydrogens is 688 g/mol. The number of nitrogens with one attached hydrogen (secondary N) is 5. The van der Waals surface area contributed by atoms with Gasteiger partial charge < -0.3 is 35.8 Å². The second kappa shape index (κ2) is 16.7. The summed E-state index contributed by atoms with van der Waals surface area (Å²) in [7, 11) is 2.65. The maximum atomic E-state index is 13.0. The third kappa shape index (κ3) is 8.88. The number of nitrogens with zero attached hydrogens (tertiary/aromatic N) is 3. The van der Waals surface area contributed by atoms with E-state index in [1.807, 2.05) is 65.0 Å². The van der Waals surface area contributed by atoms with Crippen LogP contribution < -0.4 is 16.0 Å². The predicted octanol–water partition coefficient (Wildman–Crippen LogP) is 6.66. The molecule has 6 N–H and O–H groups in total. The minimum atomic E-state index is -1.16. The van der Waals surface area contributed by atoms with Crippen LogP contribution in [-0.4, -0.2) is 80.2 Å². The molecule has 5 rings (SSSR count). The van der Waals surface area contributed by atoms with Crippen LogP contribution in [0.2, 0.25) is 0 Å². The maximum absolute atomic E-state index is 13.0. The third-order valence-corrected chi connectivity index (χ3v) is 9.44. The van der Waals surface area contributed by atoms with E-state index in [9.17, 15) is 24.3 Å². The molecular formula is C40H48N8O6. The standard InChI is InChI=1S/C40H48N8O6/c1-21(2)33(47-39(51)54-8)37(49)43-23(5)35-42-20-32(46-35)30-16-15-28-17-27(13-14-29(28)18-30)25-9-11-26(12-10-25)31-19-41-36(45-31)24(6)44-38(50)34(22(3)4)48(7)40(52)53/h9-24,33-34H,1-8H3,(H,41,45)(H,42,46)(H,43,49)(H,44,50)(H,47,51)(H,52,53)/t23-,24-,33-,34-/m0/s1. The highest BCUT2D eigenvalue weighted by molar-refractivity contribution is 5.91. The molecule has 0 bridgehead atoms. The van der Waals surface area contributed by atoms with Gasteiger partial charge in [-0.25, -0.2) is 19.6 Å². The second-order valence-electron chi connectivity index (χ2n) is 14.1. The van der Waals surface area contributed by atoms with Crippen molar-refractivity contribution in [3.63, 3.8) is 0 Å². The third-order valence-electron chi connectivity index (χ3n) is 9.44. The molecule has 0 aliphatic rings. The van der Waals surface area contributed by atoms with Gasteiger partial charge in [-0.15, -0.1) is 0 Å². The van der Waals surface area contributed by atoms with Crippen molar-refractivity contribution in [2.24, 2.45) is 11.8 Å². The van der Waals surface area contributed by atoms with Gasteiger partial charge in [0.15, 0.2) is 0 Å². The average molecular weight is 737 g/mol. The van der Waals surface area contributed by atoms with Gasteiger partial charge in [0, 0.05) is 12.6 Å². The van der Waals surface area contributed by atoms with Crippen LogP contribution in [0.15, 0.2) is 73.1 Å². The summed E-state index contributed by atoms with van der Waals surface area (Å²) in [6, 6.07) is 18.1. The van der Waals surface area contributed by atoms with E-state index in [4.69, 9.17) is 0 Å². The van der Waals surface area contributed by atoms with Crippen molar-refractivity contribution in [3.05, 3.63) is 84.7 Å². The molecule has 0 saturated carbocycles. The van der Waals surface area contributed by atoms with Crippen molar-refractivity contribution in [1.29, 1.82) is 0 Å². The SMILES string of the molecule is COC(=O)N[C@H](C(=O)N[C@@H](C)c1ncc(-c2ccc3cc(-c4ccc(-c5cnc([C@H](C)NC(=O)[C@H](C(C)C)N(C)C(=O)O)[nH]5)cc4)ccc3c2)[nH]1)C(C)C. The number of amides is 4. The van der Waals surface area contributed by atoms with E-state index < -0.39 is 36.4 Å². The van der Waals surface area contributed by atoms with Crippen LogP contribution in [0.5, 0.6) is 0 Å². The highest BCUT2D eigenvalue weighted by Crippen LogP contribution is 2.30. The van der Waals surface area contributed by atoms with Gasteiger partial charge in [0.05, 0.1) is 43.0 Å². The summed E-state index contributed by atoms with van der Waals surface area (Å²) in [5.41, 5.74) is 5.58. The summed E-state index contributed by atoms with van der Waals surface area (Å²) < 4.78 is 4.66. The number of ether oxygens (including phenoxy) is 1. The minimum Gasteiger partial charge on any atom is -0.465 e. The topological polar surface area (TPSA) is 194 Å². The Labute approximate surface area is 314 Å². The van der Waals surface area contributed by atoms with Gasteiger partial charge in [-0.3, -0.25) is 14.5 Å². The number of aromatic nitrogens is 4. The smallest absolute Gasteiger partial charge is 0.407 e. The van der Waals surface area contributed by atoms with Gasteiger partial charge in [0.1, 0.15) is 23.7 Å². The highest BCUT2D eigenvalue weighted by Gasteiger charge is 2.31. The minimum absolute atomic E-state index is 0.143. The first-order valence-electron chi connectivity index (χ1n) is 17.8.